The largest absolute Gasteiger partial charge is 0.399 e. The van der Waals surface area contributed by atoms with Gasteiger partial charge >= 0.3 is 0 Å². The molecule has 1 aliphatic rings. The highest BCUT2D eigenvalue weighted by Gasteiger charge is 2.47. The van der Waals surface area contributed by atoms with Gasteiger partial charge in [-0.05, 0) is 79.5 Å². The van der Waals surface area contributed by atoms with Crippen LogP contribution in [0, 0.1) is 0 Å². The minimum atomic E-state index is -0.645. The number of benzene rings is 8. The Labute approximate surface area is 314 Å². The molecule has 0 aliphatic heterocycles. The zero-order valence-corrected chi connectivity index (χ0v) is 29.4. The van der Waals surface area contributed by atoms with E-state index in [-0.39, 0.29) is 0 Å². The predicted molar refractivity (Wildman–Crippen MR) is 221 cm³/mol. The zero-order chi connectivity index (χ0) is 36.1. The summed E-state index contributed by atoms with van der Waals surface area (Å²) in [5, 5.41) is 2.25. The molecule has 0 saturated heterocycles. The van der Waals surface area contributed by atoms with Crippen LogP contribution in [-0.4, -0.2) is 15.0 Å². The number of anilines is 1. The van der Waals surface area contributed by atoms with Gasteiger partial charge in [-0.25, -0.2) is 15.0 Å². The maximum absolute atomic E-state index is 6.12. The molecule has 8 aromatic carbocycles. The Kier molecular flexibility index (Phi) is 7.48. The summed E-state index contributed by atoms with van der Waals surface area (Å²) in [4.78, 5) is 15.5. The van der Waals surface area contributed by atoms with Crippen LogP contribution in [0.4, 0.5) is 5.69 Å². The van der Waals surface area contributed by atoms with Crippen LogP contribution >= 0.6 is 0 Å². The van der Waals surface area contributed by atoms with E-state index in [2.05, 4.69) is 146 Å². The SMILES string of the molecule is Nc1ccc(-c2cccc(C3(c4ccccc4)c4ccccc4-c4c3cc(-c3nc(-c5ccccc5)nc(-c5ccccc5)n3)c3ccccc43)c2)cc1. The van der Waals surface area contributed by atoms with Crippen molar-refractivity contribution in [3.8, 4) is 56.4 Å². The molecule has 54 heavy (non-hydrogen) atoms. The molecule has 2 N–H and O–H groups in total. The molecule has 4 heteroatoms. The van der Waals surface area contributed by atoms with Crippen LogP contribution in [0.1, 0.15) is 22.3 Å². The Bertz CT molecular complexity index is 2760. The van der Waals surface area contributed by atoms with E-state index < -0.39 is 5.41 Å². The van der Waals surface area contributed by atoms with Crippen LogP contribution in [0.5, 0.6) is 0 Å². The van der Waals surface area contributed by atoms with E-state index in [1.807, 2.05) is 48.5 Å². The fraction of sp³-hybridized carbons (Fsp3) is 0.0200. The van der Waals surface area contributed by atoms with E-state index in [1.165, 1.54) is 33.4 Å². The predicted octanol–water partition coefficient (Wildman–Crippen LogP) is 11.6. The van der Waals surface area contributed by atoms with Crippen molar-refractivity contribution in [2.45, 2.75) is 5.41 Å². The van der Waals surface area contributed by atoms with E-state index in [4.69, 9.17) is 20.7 Å². The molecule has 1 aliphatic carbocycles. The highest BCUT2D eigenvalue weighted by atomic mass is 15.0. The highest BCUT2D eigenvalue weighted by molar-refractivity contribution is 6.09. The molecule has 4 nitrogen and oxygen atoms in total. The molecular formula is C50H34N4. The number of nitrogens with two attached hydrogens (primary N) is 1. The highest BCUT2D eigenvalue weighted by Crippen LogP contribution is 2.59. The molecule has 1 aromatic heterocycles. The van der Waals surface area contributed by atoms with Gasteiger partial charge in [0.25, 0.3) is 0 Å². The van der Waals surface area contributed by atoms with Crippen molar-refractivity contribution in [3.05, 3.63) is 216 Å². The first-order valence-corrected chi connectivity index (χ1v) is 18.2. The fourth-order valence-electron chi connectivity index (χ4n) is 8.33. The van der Waals surface area contributed by atoms with Crippen LogP contribution in [0.3, 0.4) is 0 Å². The molecule has 1 unspecified atom stereocenters. The Morgan fingerprint density at radius 3 is 1.57 bits per heavy atom. The molecule has 254 valence electrons. The lowest BCUT2D eigenvalue weighted by Gasteiger charge is -2.34. The fourth-order valence-corrected chi connectivity index (χ4v) is 8.33. The third-order valence-corrected chi connectivity index (χ3v) is 10.7. The van der Waals surface area contributed by atoms with Crippen LogP contribution < -0.4 is 5.73 Å². The average Bonchev–Trinajstić information content (AvgIpc) is 3.55. The van der Waals surface area contributed by atoms with Crippen LogP contribution in [0.2, 0.25) is 0 Å². The standard InChI is InChI=1S/C50H34N4/c51-39-29-27-33(28-30-39)36-19-14-22-38(31-36)50(37-20-8-3-9-21-37)44-26-13-12-25-42(44)46-41-24-11-10-23-40(41)43(32-45(46)50)49-53-47(34-15-4-1-5-16-34)52-48(54-49)35-17-6-2-7-18-35/h1-32H,51H2. The summed E-state index contributed by atoms with van der Waals surface area (Å²) in [5.41, 5.74) is 18.6. The van der Waals surface area contributed by atoms with Crippen LogP contribution in [-0.2, 0) is 5.41 Å². The first-order valence-electron chi connectivity index (χ1n) is 18.2. The molecule has 0 spiro atoms. The second kappa shape index (κ2) is 12.8. The van der Waals surface area contributed by atoms with Crippen molar-refractivity contribution in [2.24, 2.45) is 0 Å². The number of nitrogens with zero attached hydrogens (tertiary/aromatic N) is 3. The summed E-state index contributed by atoms with van der Waals surface area (Å²) < 4.78 is 0. The summed E-state index contributed by atoms with van der Waals surface area (Å²) >= 11 is 0. The zero-order valence-electron chi connectivity index (χ0n) is 29.4. The van der Waals surface area contributed by atoms with Gasteiger partial charge < -0.3 is 5.73 Å². The van der Waals surface area contributed by atoms with E-state index >= 15 is 0 Å². The Balaban J connectivity index is 1.31. The molecule has 10 rings (SSSR count). The first-order chi connectivity index (χ1) is 26.7. The van der Waals surface area contributed by atoms with Gasteiger partial charge in [0.15, 0.2) is 17.5 Å². The summed E-state index contributed by atoms with van der Waals surface area (Å²) in [6.45, 7) is 0. The third kappa shape index (κ3) is 5.03. The van der Waals surface area contributed by atoms with Gasteiger partial charge in [-0.15, -0.1) is 0 Å². The monoisotopic (exact) mass is 690 g/mol. The van der Waals surface area contributed by atoms with Crippen molar-refractivity contribution < 1.29 is 0 Å². The molecular weight excluding hydrogens is 657 g/mol. The van der Waals surface area contributed by atoms with Crippen LogP contribution in [0.25, 0.3) is 67.2 Å². The minimum Gasteiger partial charge on any atom is -0.399 e. The van der Waals surface area contributed by atoms with Gasteiger partial charge in [0.05, 0.1) is 5.41 Å². The van der Waals surface area contributed by atoms with E-state index in [1.54, 1.807) is 0 Å². The molecule has 0 fully saturated rings. The summed E-state index contributed by atoms with van der Waals surface area (Å²) in [5.74, 6) is 1.91. The maximum atomic E-state index is 6.12. The van der Waals surface area contributed by atoms with Crippen molar-refractivity contribution >= 4 is 16.5 Å². The van der Waals surface area contributed by atoms with Crippen molar-refractivity contribution in [2.75, 3.05) is 5.73 Å². The van der Waals surface area contributed by atoms with Crippen molar-refractivity contribution in [3.63, 3.8) is 0 Å². The minimum absolute atomic E-state index is 0.634. The number of fused-ring (bicyclic) bond motifs is 5. The average molecular weight is 691 g/mol. The lowest BCUT2D eigenvalue weighted by molar-refractivity contribution is 0.769. The van der Waals surface area contributed by atoms with Crippen molar-refractivity contribution in [1.29, 1.82) is 0 Å². The van der Waals surface area contributed by atoms with Gasteiger partial charge in [0.1, 0.15) is 0 Å². The number of aromatic nitrogens is 3. The van der Waals surface area contributed by atoms with E-state index in [0.29, 0.717) is 17.5 Å². The number of nitrogen functional groups attached to an aromatic ring is 1. The Morgan fingerprint density at radius 1 is 0.352 bits per heavy atom. The van der Waals surface area contributed by atoms with Gasteiger partial charge in [-0.1, -0.05) is 170 Å². The second-order valence-corrected chi connectivity index (χ2v) is 13.8. The smallest absolute Gasteiger partial charge is 0.164 e. The molecule has 0 amide bonds. The summed E-state index contributed by atoms with van der Waals surface area (Å²) in [6.07, 6.45) is 0. The van der Waals surface area contributed by atoms with Gasteiger partial charge in [0, 0.05) is 22.4 Å². The van der Waals surface area contributed by atoms with Crippen molar-refractivity contribution in [1.82, 2.24) is 15.0 Å². The Hall–Kier alpha value is -7.17. The van der Waals surface area contributed by atoms with E-state index in [9.17, 15) is 0 Å². The molecule has 9 aromatic rings. The molecule has 1 heterocycles. The molecule has 0 radical (unpaired) electrons. The number of rotatable bonds is 6. The van der Waals surface area contributed by atoms with Crippen LogP contribution in [0.15, 0.2) is 194 Å². The first kappa shape index (κ1) is 31.6. The quantitative estimate of drug-likeness (QED) is 0.176. The van der Waals surface area contributed by atoms with Gasteiger partial charge in [-0.3, -0.25) is 0 Å². The number of hydrogen-bond acceptors (Lipinski definition) is 4. The lowest BCUT2D eigenvalue weighted by atomic mass is 9.67. The normalized spacial score (nSPS) is 14.4. The maximum Gasteiger partial charge on any atom is 0.164 e. The van der Waals surface area contributed by atoms with E-state index in [0.717, 1.165) is 44.3 Å². The lowest BCUT2D eigenvalue weighted by Crippen LogP contribution is -2.28. The van der Waals surface area contributed by atoms with Gasteiger partial charge in [-0.2, -0.15) is 0 Å². The second-order valence-electron chi connectivity index (χ2n) is 13.8. The molecule has 0 bridgehead atoms. The summed E-state index contributed by atoms with van der Waals surface area (Å²) in [7, 11) is 0. The van der Waals surface area contributed by atoms with Gasteiger partial charge in [0.2, 0.25) is 0 Å². The summed E-state index contributed by atoms with van der Waals surface area (Å²) in [6, 6.07) is 68.3. The molecule has 0 saturated carbocycles. The topological polar surface area (TPSA) is 64.7 Å². The molecule has 1 atom stereocenters. The third-order valence-electron chi connectivity index (χ3n) is 10.7. The Morgan fingerprint density at radius 2 is 0.889 bits per heavy atom. The number of hydrogen-bond donors (Lipinski definition) is 1.